The second-order valence-corrected chi connectivity index (χ2v) is 11.5. The first-order valence-electron chi connectivity index (χ1n) is 9.08. The van der Waals surface area contributed by atoms with Crippen LogP contribution in [0.25, 0.3) is 10.8 Å². The van der Waals surface area contributed by atoms with E-state index in [0.29, 0.717) is 36.9 Å². The van der Waals surface area contributed by atoms with Gasteiger partial charge in [-0.1, -0.05) is 36.4 Å². The van der Waals surface area contributed by atoms with E-state index in [1.54, 1.807) is 12.1 Å². The summed E-state index contributed by atoms with van der Waals surface area (Å²) < 4.78 is 28.2. The van der Waals surface area contributed by atoms with E-state index < -0.39 is 16.1 Å². The summed E-state index contributed by atoms with van der Waals surface area (Å²) in [5.74, 6) is 0. The fraction of sp³-hybridized carbons (Fsp3) is 0.300. The van der Waals surface area contributed by atoms with Crippen molar-refractivity contribution in [2.24, 2.45) is 0 Å². The summed E-state index contributed by atoms with van der Waals surface area (Å²) >= 11 is 4.55. The molecule has 0 amide bonds. The summed E-state index contributed by atoms with van der Waals surface area (Å²) in [5.41, 5.74) is 0.886. The highest BCUT2D eigenvalue weighted by atomic mass is 79.9. The highest BCUT2D eigenvalue weighted by molar-refractivity contribution is 9.11. The summed E-state index contributed by atoms with van der Waals surface area (Å²) in [6.07, 6.45) is -0.596. The topological polar surface area (TPSA) is 60.9 Å². The Hall–Kier alpha value is -1.29. The highest BCUT2D eigenvalue weighted by Crippen LogP contribution is 2.29. The largest absolute Gasteiger partial charge is 0.387 e. The second-order valence-electron chi connectivity index (χ2n) is 6.89. The molecule has 0 saturated carbocycles. The average molecular weight is 481 g/mol. The first-order valence-corrected chi connectivity index (χ1v) is 12.1. The Kier molecular flexibility index (Phi) is 5.87. The van der Waals surface area contributed by atoms with Crippen LogP contribution >= 0.6 is 27.3 Å². The van der Waals surface area contributed by atoms with Crippen molar-refractivity contribution in [1.29, 1.82) is 0 Å². The first-order chi connectivity index (χ1) is 13.4. The predicted octanol–water partition coefficient (Wildman–Crippen LogP) is 3.70. The number of aliphatic hydroxyl groups is 1. The Morgan fingerprint density at radius 1 is 1.00 bits per heavy atom. The average Bonchev–Trinajstić information content (AvgIpc) is 3.15. The van der Waals surface area contributed by atoms with Crippen LogP contribution in [-0.4, -0.2) is 55.5 Å². The molecule has 0 spiro atoms. The number of thiophene rings is 1. The van der Waals surface area contributed by atoms with Crippen LogP contribution < -0.4 is 0 Å². The first kappa shape index (κ1) is 20.0. The molecule has 8 heteroatoms. The number of sulfonamides is 1. The maximum Gasteiger partial charge on any atom is 0.252 e. The van der Waals surface area contributed by atoms with Crippen molar-refractivity contribution in [3.8, 4) is 0 Å². The molecule has 1 saturated heterocycles. The molecule has 1 unspecified atom stereocenters. The van der Waals surface area contributed by atoms with Gasteiger partial charge in [0.1, 0.15) is 4.21 Å². The van der Waals surface area contributed by atoms with Crippen LogP contribution in [0.4, 0.5) is 0 Å². The Labute approximate surface area is 177 Å². The van der Waals surface area contributed by atoms with Gasteiger partial charge in [-0.15, -0.1) is 11.3 Å². The molecule has 2 aromatic carbocycles. The molecule has 0 radical (unpaired) electrons. The molecule has 1 aliphatic heterocycles. The molecule has 2 heterocycles. The smallest absolute Gasteiger partial charge is 0.252 e. The van der Waals surface area contributed by atoms with E-state index in [0.717, 1.165) is 20.1 Å². The molecular formula is C20H21BrN2O3S2. The van der Waals surface area contributed by atoms with E-state index in [-0.39, 0.29) is 0 Å². The van der Waals surface area contributed by atoms with Crippen LogP contribution in [0.5, 0.6) is 0 Å². The number of hydrogen-bond acceptors (Lipinski definition) is 5. The summed E-state index contributed by atoms with van der Waals surface area (Å²) in [6, 6.07) is 17.5. The van der Waals surface area contributed by atoms with Gasteiger partial charge in [-0.05, 0) is 50.5 Å². The lowest BCUT2D eigenvalue weighted by molar-refractivity contribution is 0.0922. The maximum absolute atomic E-state index is 12.7. The van der Waals surface area contributed by atoms with E-state index >= 15 is 0 Å². The number of piperazine rings is 1. The standard InChI is InChI=1S/C20H21BrN2O3S2/c21-19-7-8-20(27-19)28(25,26)23-11-9-22(10-12-23)14-18(24)17-6-5-15-3-1-2-4-16(15)13-17/h1-8,13,18,24H,9-12,14H2. The normalized spacial score (nSPS) is 17.8. The van der Waals surface area contributed by atoms with Gasteiger partial charge in [-0.3, -0.25) is 4.90 Å². The number of halogens is 1. The van der Waals surface area contributed by atoms with Gasteiger partial charge >= 0.3 is 0 Å². The zero-order valence-electron chi connectivity index (χ0n) is 15.2. The summed E-state index contributed by atoms with van der Waals surface area (Å²) in [5, 5.41) is 12.9. The SMILES string of the molecule is O=S(=O)(c1ccc(Br)s1)N1CCN(CC(O)c2ccc3ccccc3c2)CC1. The number of nitrogens with zero attached hydrogens (tertiary/aromatic N) is 2. The second kappa shape index (κ2) is 8.22. The molecular weight excluding hydrogens is 460 g/mol. The minimum atomic E-state index is -3.44. The maximum atomic E-state index is 12.7. The van der Waals surface area contributed by atoms with Gasteiger partial charge in [-0.25, -0.2) is 8.42 Å². The van der Waals surface area contributed by atoms with Crippen molar-refractivity contribution in [1.82, 2.24) is 9.21 Å². The van der Waals surface area contributed by atoms with Gasteiger partial charge in [0.2, 0.25) is 0 Å². The van der Waals surface area contributed by atoms with Crippen molar-refractivity contribution >= 4 is 48.1 Å². The molecule has 28 heavy (non-hydrogen) atoms. The zero-order valence-corrected chi connectivity index (χ0v) is 18.4. The number of fused-ring (bicyclic) bond motifs is 1. The Morgan fingerprint density at radius 3 is 2.39 bits per heavy atom. The Morgan fingerprint density at radius 2 is 1.71 bits per heavy atom. The van der Waals surface area contributed by atoms with E-state index in [9.17, 15) is 13.5 Å². The Balaban J connectivity index is 1.38. The van der Waals surface area contributed by atoms with Crippen LogP contribution in [-0.2, 0) is 10.0 Å². The van der Waals surface area contributed by atoms with E-state index in [1.807, 2.05) is 36.4 Å². The van der Waals surface area contributed by atoms with Crippen molar-refractivity contribution in [3.63, 3.8) is 0 Å². The fourth-order valence-corrected chi connectivity index (χ4v) is 7.07. The van der Waals surface area contributed by atoms with E-state index in [2.05, 4.69) is 26.9 Å². The minimum absolute atomic E-state index is 0.365. The van der Waals surface area contributed by atoms with Gasteiger partial charge in [0.15, 0.2) is 0 Å². The van der Waals surface area contributed by atoms with Gasteiger partial charge in [-0.2, -0.15) is 4.31 Å². The van der Waals surface area contributed by atoms with Crippen LogP contribution in [0.1, 0.15) is 11.7 Å². The fourth-order valence-electron chi connectivity index (χ4n) is 3.48. The molecule has 1 atom stereocenters. The predicted molar refractivity (Wildman–Crippen MR) is 116 cm³/mol. The van der Waals surface area contributed by atoms with Gasteiger partial charge in [0.25, 0.3) is 10.0 Å². The monoisotopic (exact) mass is 480 g/mol. The van der Waals surface area contributed by atoms with Crippen LogP contribution in [0.3, 0.4) is 0 Å². The molecule has 0 aliphatic carbocycles. The van der Waals surface area contributed by atoms with Gasteiger partial charge < -0.3 is 5.11 Å². The van der Waals surface area contributed by atoms with Crippen LogP contribution in [0.15, 0.2) is 62.6 Å². The van der Waals surface area contributed by atoms with E-state index in [1.165, 1.54) is 15.6 Å². The number of β-amino-alcohol motifs (C(OH)–C–C–N with tert-alkyl or cyclic N) is 1. The third kappa shape index (κ3) is 4.17. The molecule has 1 N–H and O–H groups in total. The number of benzene rings is 2. The molecule has 4 rings (SSSR count). The number of rotatable bonds is 5. The van der Waals surface area contributed by atoms with Gasteiger partial charge in [0, 0.05) is 32.7 Å². The molecule has 0 bridgehead atoms. The quantitative estimate of drug-likeness (QED) is 0.604. The lowest BCUT2D eigenvalue weighted by Gasteiger charge is -2.34. The highest BCUT2D eigenvalue weighted by Gasteiger charge is 2.30. The minimum Gasteiger partial charge on any atom is -0.387 e. The summed E-state index contributed by atoms with van der Waals surface area (Å²) in [7, 11) is -3.44. The number of hydrogen-bond donors (Lipinski definition) is 1. The molecule has 1 aliphatic rings. The van der Waals surface area contributed by atoms with Gasteiger partial charge in [0.05, 0.1) is 9.89 Å². The zero-order chi connectivity index (χ0) is 19.7. The summed E-state index contributed by atoms with van der Waals surface area (Å²) in [6.45, 7) is 2.58. The lowest BCUT2D eigenvalue weighted by atomic mass is 10.0. The molecule has 148 valence electrons. The van der Waals surface area contributed by atoms with Crippen molar-refractivity contribution < 1.29 is 13.5 Å². The van der Waals surface area contributed by atoms with Crippen LogP contribution in [0, 0.1) is 0 Å². The van der Waals surface area contributed by atoms with Crippen molar-refractivity contribution in [3.05, 3.63) is 63.9 Å². The molecule has 5 nitrogen and oxygen atoms in total. The van der Waals surface area contributed by atoms with Crippen LogP contribution in [0.2, 0.25) is 0 Å². The van der Waals surface area contributed by atoms with Crippen molar-refractivity contribution in [2.45, 2.75) is 10.3 Å². The third-order valence-electron chi connectivity index (χ3n) is 5.06. The van der Waals surface area contributed by atoms with E-state index in [4.69, 9.17) is 0 Å². The molecule has 1 aromatic heterocycles. The van der Waals surface area contributed by atoms with Crippen molar-refractivity contribution in [2.75, 3.05) is 32.7 Å². The summed E-state index contributed by atoms with van der Waals surface area (Å²) in [4.78, 5) is 2.12. The molecule has 3 aromatic rings. The number of aliphatic hydroxyl groups excluding tert-OH is 1. The Bertz CT molecular complexity index is 1080. The third-order valence-corrected chi connectivity index (χ3v) is 9.05. The lowest BCUT2D eigenvalue weighted by Crippen LogP contribution is -2.49. The molecule has 1 fully saturated rings.